The third kappa shape index (κ3) is 3.77. The van der Waals surface area contributed by atoms with Gasteiger partial charge in [-0.15, -0.1) is 0 Å². The van der Waals surface area contributed by atoms with Gasteiger partial charge in [0.05, 0.1) is 35.6 Å². The fraction of sp³-hybridized carbons (Fsp3) is 0.240. The van der Waals surface area contributed by atoms with E-state index >= 15 is 0 Å². The second kappa shape index (κ2) is 8.83. The minimum Gasteiger partial charge on any atom is -0.497 e. The fourth-order valence-corrected chi connectivity index (χ4v) is 5.09. The van der Waals surface area contributed by atoms with Crippen LogP contribution in [-0.2, 0) is 9.53 Å². The molecule has 0 unspecified atom stereocenters. The van der Waals surface area contributed by atoms with Gasteiger partial charge in [0.2, 0.25) is 6.79 Å². The Kier molecular flexibility index (Phi) is 5.70. The molecule has 34 heavy (non-hydrogen) atoms. The Morgan fingerprint density at radius 3 is 2.71 bits per heavy atom. The second-order valence-electron chi connectivity index (χ2n) is 7.69. The summed E-state index contributed by atoms with van der Waals surface area (Å²) < 4.78 is 23.6. The summed E-state index contributed by atoms with van der Waals surface area (Å²) in [4.78, 5) is 31.7. The van der Waals surface area contributed by atoms with Crippen molar-refractivity contribution < 1.29 is 23.7 Å². The number of aromatic nitrogens is 1. The first kappa shape index (κ1) is 22.0. The summed E-state index contributed by atoms with van der Waals surface area (Å²) >= 11 is 1.28. The zero-order chi connectivity index (χ0) is 23.8. The Labute approximate surface area is 199 Å². The number of carbonyl (C=O) groups is 1. The fourth-order valence-electron chi connectivity index (χ4n) is 4.04. The zero-order valence-electron chi connectivity index (χ0n) is 18.9. The molecule has 0 fully saturated rings. The quantitative estimate of drug-likeness (QED) is 0.524. The molecule has 2 aliphatic rings. The molecule has 5 rings (SSSR count). The van der Waals surface area contributed by atoms with E-state index in [0.29, 0.717) is 37.7 Å². The van der Waals surface area contributed by atoms with E-state index in [2.05, 4.69) is 4.99 Å². The highest BCUT2D eigenvalue weighted by atomic mass is 32.1. The molecule has 0 bridgehead atoms. The van der Waals surface area contributed by atoms with E-state index in [0.717, 1.165) is 11.3 Å². The maximum atomic E-state index is 13.6. The molecule has 0 amide bonds. The third-order valence-electron chi connectivity index (χ3n) is 5.64. The number of rotatable bonds is 5. The number of benzene rings is 2. The highest BCUT2D eigenvalue weighted by molar-refractivity contribution is 7.07. The van der Waals surface area contributed by atoms with Crippen LogP contribution in [0.4, 0.5) is 0 Å². The minimum atomic E-state index is -0.706. The third-order valence-corrected chi connectivity index (χ3v) is 6.63. The molecule has 0 saturated heterocycles. The van der Waals surface area contributed by atoms with E-state index in [-0.39, 0.29) is 19.0 Å². The van der Waals surface area contributed by atoms with Crippen LogP contribution < -0.4 is 29.1 Å². The average Bonchev–Trinajstić information content (AvgIpc) is 3.42. The van der Waals surface area contributed by atoms with Gasteiger partial charge in [-0.3, -0.25) is 9.36 Å². The molecule has 8 nitrogen and oxygen atoms in total. The molecule has 3 aromatic rings. The van der Waals surface area contributed by atoms with E-state index in [9.17, 15) is 9.59 Å². The van der Waals surface area contributed by atoms with Crippen LogP contribution in [0.1, 0.15) is 31.0 Å². The van der Waals surface area contributed by atoms with Crippen molar-refractivity contribution in [1.82, 2.24) is 4.57 Å². The van der Waals surface area contributed by atoms with Crippen LogP contribution in [0.15, 0.2) is 63.5 Å². The number of esters is 1. The zero-order valence-corrected chi connectivity index (χ0v) is 19.7. The van der Waals surface area contributed by atoms with Crippen molar-refractivity contribution in [3.63, 3.8) is 0 Å². The molecular formula is C25H22N2O6S. The molecule has 0 spiro atoms. The summed E-state index contributed by atoms with van der Waals surface area (Å²) in [6.45, 7) is 3.84. The van der Waals surface area contributed by atoms with Crippen molar-refractivity contribution in [3.8, 4) is 17.2 Å². The molecule has 2 aliphatic heterocycles. The molecule has 0 aliphatic carbocycles. The van der Waals surface area contributed by atoms with Gasteiger partial charge in [-0.1, -0.05) is 29.5 Å². The van der Waals surface area contributed by atoms with E-state index in [4.69, 9.17) is 18.9 Å². The number of fused-ring (bicyclic) bond motifs is 2. The number of carbonyl (C=O) groups excluding carboxylic acids is 1. The normalized spacial score (nSPS) is 16.8. The van der Waals surface area contributed by atoms with E-state index in [1.54, 1.807) is 37.7 Å². The van der Waals surface area contributed by atoms with Crippen molar-refractivity contribution in [3.05, 3.63) is 84.5 Å². The first-order chi connectivity index (χ1) is 16.5. The Hall–Kier alpha value is -3.85. The lowest BCUT2D eigenvalue weighted by Gasteiger charge is -2.24. The Morgan fingerprint density at radius 1 is 1.21 bits per heavy atom. The van der Waals surface area contributed by atoms with E-state index in [1.807, 2.05) is 36.4 Å². The average molecular weight is 479 g/mol. The van der Waals surface area contributed by atoms with Crippen molar-refractivity contribution in [2.75, 3.05) is 20.5 Å². The lowest BCUT2D eigenvalue weighted by Crippen LogP contribution is -2.39. The number of methoxy groups -OCH3 is 1. The predicted octanol–water partition coefficient (Wildman–Crippen LogP) is 2.54. The molecule has 1 atom stereocenters. The number of hydrogen-bond donors (Lipinski definition) is 0. The van der Waals surface area contributed by atoms with Crippen LogP contribution in [-0.4, -0.2) is 31.0 Å². The van der Waals surface area contributed by atoms with Crippen LogP contribution in [0.5, 0.6) is 17.2 Å². The Morgan fingerprint density at radius 2 is 1.97 bits per heavy atom. The topological polar surface area (TPSA) is 88.4 Å². The molecule has 9 heteroatoms. The first-order valence-electron chi connectivity index (χ1n) is 10.7. The molecule has 174 valence electrons. The molecule has 0 saturated carbocycles. The van der Waals surface area contributed by atoms with Gasteiger partial charge in [0.25, 0.3) is 5.56 Å². The minimum absolute atomic E-state index is 0.128. The van der Waals surface area contributed by atoms with Crippen LogP contribution in [0, 0.1) is 0 Å². The van der Waals surface area contributed by atoms with Crippen molar-refractivity contribution in [2.45, 2.75) is 19.9 Å². The van der Waals surface area contributed by atoms with E-state index < -0.39 is 12.0 Å². The molecule has 3 heterocycles. The van der Waals surface area contributed by atoms with Gasteiger partial charge in [-0.05, 0) is 55.3 Å². The highest BCUT2D eigenvalue weighted by Gasteiger charge is 2.34. The molecule has 0 radical (unpaired) electrons. The van der Waals surface area contributed by atoms with Gasteiger partial charge >= 0.3 is 5.97 Å². The maximum Gasteiger partial charge on any atom is 0.338 e. The lowest BCUT2D eigenvalue weighted by atomic mass is 9.95. The van der Waals surface area contributed by atoms with Gasteiger partial charge in [-0.25, -0.2) is 9.79 Å². The van der Waals surface area contributed by atoms with Gasteiger partial charge in [0, 0.05) is 0 Å². The maximum absolute atomic E-state index is 13.6. The van der Waals surface area contributed by atoms with Crippen LogP contribution >= 0.6 is 11.3 Å². The first-order valence-corrected chi connectivity index (χ1v) is 11.5. The summed E-state index contributed by atoms with van der Waals surface area (Å²) in [6.07, 6.45) is 1.81. The number of hydrogen-bond acceptors (Lipinski definition) is 8. The molecule has 2 aromatic carbocycles. The second-order valence-corrected chi connectivity index (χ2v) is 8.70. The van der Waals surface area contributed by atoms with Crippen LogP contribution in [0.3, 0.4) is 0 Å². The molecular weight excluding hydrogens is 456 g/mol. The van der Waals surface area contributed by atoms with E-state index in [1.165, 1.54) is 11.3 Å². The van der Waals surface area contributed by atoms with Crippen molar-refractivity contribution in [2.24, 2.45) is 4.99 Å². The predicted molar refractivity (Wildman–Crippen MR) is 126 cm³/mol. The van der Waals surface area contributed by atoms with Gasteiger partial charge < -0.3 is 18.9 Å². The standard InChI is InChI=1S/C25H22N2O6S/c1-4-31-24(29)21-14(2)26-25-27(22(21)16-7-10-18-19(12-16)33-13-32-18)23(28)20(34-25)11-15-5-8-17(30-3)9-6-15/h5-12,22H,4,13H2,1-3H3/b20-11+/t22-/m1/s1. The van der Waals surface area contributed by atoms with Crippen molar-refractivity contribution >= 4 is 23.4 Å². The lowest BCUT2D eigenvalue weighted by molar-refractivity contribution is -0.139. The van der Waals surface area contributed by atoms with Crippen LogP contribution in [0.25, 0.3) is 6.08 Å². The number of allylic oxidation sites excluding steroid dienone is 1. The Balaban J connectivity index is 1.69. The highest BCUT2D eigenvalue weighted by Crippen LogP contribution is 2.38. The summed E-state index contributed by atoms with van der Waals surface area (Å²) in [7, 11) is 1.60. The monoisotopic (exact) mass is 478 g/mol. The summed E-state index contributed by atoms with van der Waals surface area (Å²) in [5, 5.41) is 0. The SMILES string of the molecule is CCOC(=O)C1=C(C)N=c2s/c(=C/c3ccc(OC)cc3)c(=O)n2[C@@H]1c1ccc2c(c1)OCO2. The largest absolute Gasteiger partial charge is 0.497 e. The number of thiazole rings is 1. The smallest absolute Gasteiger partial charge is 0.338 e. The van der Waals surface area contributed by atoms with Gasteiger partial charge in [0.1, 0.15) is 5.75 Å². The number of nitrogens with zero attached hydrogens (tertiary/aromatic N) is 2. The molecule has 1 aromatic heterocycles. The number of ether oxygens (including phenoxy) is 4. The summed E-state index contributed by atoms with van der Waals surface area (Å²) in [5.41, 5.74) is 2.16. The van der Waals surface area contributed by atoms with Gasteiger partial charge in [0.15, 0.2) is 16.3 Å². The van der Waals surface area contributed by atoms with Gasteiger partial charge in [-0.2, -0.15) is 0 Å². The Bertz CT molecular complexity index is 1480. The summed E-state index contributed by atoms with van der Waals surface area (Å²) in [5.74, 6) is 1.41. The van der Waals surface area contributed by atoms with Crippen LogP contribution in [0.2, 0.25) is 0 Å². The molecule has 0 N–H and O–H groups in total. The summed E-state index contributed by atoms with van der Waals surface area (Å²) in [6, 6.07) is 12.1. The van der Waals surface area contributed by atoms with Crippen molar-refractivity contribution in [1.29, 1.82) is 0 Å².